The number of aromatic nitrogens is 2. The van der Waals surface area contributed by atoms with Gasteiger partial charge in [0.2, 0.25) is 23.5 Å². The minimum absolute atomic E-state index is 0.0445. The van der Waals surface area contributed by atoms with Gasteiger partial charge in [0.05, 0.1) is 12.2 Å². The highest BCUT2D eigenvalue weighted by molar-refractivity contribution is 6.38. The lowest BCUT2D eigenvalue weighted by molar-refractivity contribution is -0.147. The molecule has 4 aliphatic carbocycles. The van der Waals surface area contributed by atoms with E-state index in [0.29, 0.717) is 13.0 Å². The van der Waals surface area contributed by atoms with Crippen molar-refractivity contribution in [3.05, 3.63) is 36.9 Å². The Morgan fingerprint density at radius 3 is 2.35 bits per heavy atom. The molecule has 0 aromatic carbocycles. The van der Waals surface area contributed by atoms with Crippen molar-refractivity contribution in [3.8, 4) is 0 Å². The molecule has 5 fully saturated rings. The van der Waals surface area contributed by atoms with Crippen LogP contribution in [0.4, 0.5) is 0 Å². The Balaban J connectivity index is 1.23. The normalized spacial score (nSPS) is 25.7. The Morgan fingerprint density at radius 2 is 1.69 bits per heavy atom. The molecular formula is C38H53N7O6. The third-order valence-corrected chi connectivity index (χ3v) is 11.9. The van der Waals surface area contributed by atoms with Gasteiger partial charge >= 0.3 is 0 Å². The summed E-state index contributed by atoms with van der Waals surface area (Å²) < 4.78 is 0. The summed E-state index contributed by atoms with van der Waals surface area (Å²) in [6, 6.07) is -3.56. The molecule has 1 aromatic heterocycles. The zero-order valence-corrected chi connectivity index (χ0v) is 29.7. The standard InChI is InChI=1S/C38H53N7O6/c1-3-16-41-36(50)31(46)27(19-23-12-13-23)42-35(49)30-26-20-25(26)22-45(30)37(51)32(38(2)14-8-5-9-15-38)44-34(48)29(24-10-6-4-7-11-24)43-33(47)28-21-39-17-18-40-28/h3,17-18,21,23-27,29-30,32H,1,4-16,19-20,22H2,2H3,(H,41,50)(H,42,49)(H,43,47)(H,44,48)/t25-,26-,27?,29-,30-,32+/m0/s1. The van der Waals surface area contributed by atoms with Crippen molar-refractivity contribution in [2.24, 2.45) is 29.1 Å². The minimum Gasteiger partial charge on any atom is -0.346 e. The number of Topliss-reactive ketones (excluding diaryl/α,β-unsaturated/α-hetero) is 1. The van der Waals surface area contributed by atoms with Crippen molar-refractivity contribution in [3.63, 3.8) is 0 Å². The maximum absolute atomic E-state index is 14.8. The van der Waals surface area contributed by atoms with E-state index in [0.717, 1.165) is 83.5 Å². The number of amides is 5. The Morgan fingerprint density at radius 1 is 0.961 bits per heavy atom. The number of likely N-dealkylation sites (tertiary alicyclic amines) is 1. The highest BCUT2D eigenvalue weighted by Crippen LogP contribution is 2.51. The van der Waals surface area contributed by atoms with Gasteiger partial charge in [-0.3, -0.25) is 33.8 Å². The van der Waals surface area contributed by atoms with E-state index >= 15 is 0 Å². The van der Waals surface area contributed by atoms with E-state index in [1.54, 1.807) is 4.90 Å². The van der Waals surface area contributed by atoms with Crippen LogP contribution in [0.2, 0.25) is 0 Å². The second-order valence-corrected chi connectivity index (χ2v) is 15.8. The number of hydrogen-bond donors (Lipinski definition) is 4. The van der Waals surface area contributed by atoms with E-state index in [-0.39, 0.29) is 41.8 Å². The van der Waals surface area contributed by atoms with Crippen LogP contribution in [0.5, 0.6) is 0 Å². The summed E-state index contributed by atoms with van der Waals surface area (Å²) in [6.07, 6.45) is 17.7. The Labute approximate surface area is 299 Å². The number of carbonyl (C=O) groups is 6. The fraction of sp³-hybridized carbons (Fsp3) is 0.684. The van der Waals surface area contributed by atoms with Crippen LogP contribution in [0.15, 0.2) is 31.2 Å². The molecule has 1 unspecified atom stereocenters. The molecule has 1 aliphatic heterocycles. The molecule has 51 heavy (non-hydrogen) atoms. The number of fused-ring (bicyclic) bond motifs is 1. The number of hydrogen-bond acceptors (Lipinski definition) is 8. The summed E-state index contributed by atoms with van der Waals surface area (Å²) in [7, 11) is 0. The van der Waals surface area contributed by atoms with Gasteiger partial charge in [0.1, 0.15) is 23.8 Å². The van der Waals surface area contributed by atoms with Gasteiger partial charge in [-0.15, -0.1) is 6.58 Å². The van der Waals surface area contributed by atoms with Crippen molar-refractivity contribution >= 4 is 35.3 Å². The molecule has 276 valence electrons. The third kappa shape index (κ3) is 8.66. The average molecular weight is 704 g/mol. The number of piperidine rings is 1. The van der Waals surface area contributed by atoms with Crippen LogP contribution >= 0.6 is 0 Å². The number of rotatable bonds is 15. The monoisotopic (exact) mass is 703 g/mol. The van der Waals surface area contributed by atoms with Crippen molar-refractivity contribution in [2.45, 2.75) is 121 Å². The van der Waals surface area contributed by atoms with E-state index in [4.69, 9.17) is 0 Å². The van der Waals surface area contributed by atoms with Crippen LogP contribution in [0.1, 0.15) is 107 Å². The lowest BCUT2D eigenvalue weighted by Gasteiger charge is -2.43. The molecule has 6 rings (SSSR count). The number of nitrogens with zero attached hydrogens (tertiary/aromatic N) is 3. The molecular weight excluding hydrogens is 650 g/mol. The molecule has 4 N–H and O–H groups in total. The van der Waals surface area contributed by atoms with E-state index < -0.39 is 59.0 Å². The van der Waals surface area contributed by atoms with E-state index in [2.05, 4.69) is 37.8 Å². The maximum atomic E-state index is 14.8. The van der Waals surface area contributed by atoms with E-state index in [1.165, 1.54) is 24.7 Å². The van der Waals surface area contributed by atoms with Gasteiger partial charge in [-0.1, -0.05) is 64.4 Å². The molecule has 5 aliphatic rings. The molecule has 0 bridgehead atoms. The molecule has 2 heterocycles. The van der Waals surface area contributed by atoms with Crippen LogP contribution in [0.25, 0.3) is 0 Å². The molecule has 13 heteroatoms. The number of carbonyl (C=O) groups excluding carboxylic acids is 6. The first-order valence-corrected chi connectivity index (χ1v) is 19.0. The lowest BCUT2D eigenvalue weighted by Crippen LogP contribution is -2.63. The highest BCUT2D eigenvalue weighted by atomic mass is 16.2. The predicted octanol–water partition coefficient (Wildman–Crippen LogP) is 2.61. The topological polar surface area (TPSA) is 180 Å². The molecule has 0 spiro atoms. The van der Waals surface area contributed by atoms with Gasteiger partial charge in [0.15, 0.2) is 0 Å². The van der Waals surface area contributed by atoms with Gasteiger partial charge < -0.3 is 26.2 Å². The summed E-state index contributed by atoms with van der Waals surface area (Å²) in [5.74, 6) is -2.83. The fourth-order valence-corrected chi connectivity index (χ4v) is 8.69. The summed E-state index contributed by atoms with van der Waals surface area (Å²) >= 11 is 0. The van der Waals surface area contributed by atoms with Gasteiger partial charge in [0.25, 0.3) is 11.8 Å². The maximum Gasteiger partial charge on any atom is 0.289 e. The zero-order chi connectivity index (χ0) is 36.1. The van der Waals surface area contributed by atoms with Crippen LogP contribution in [-0.4, -0.2) is 87.4 Å². The molecule has 6 atom stereocenters. The van der Waals surface area contributed by atoms with Gasteiger partial charge in [0, 0.05) is 25.5 Å². The van der Waals surface area contributed by atoms with Crippen LogP contribution in [-0.2, 0) is 24.0 Å². The second kappa shape index (κ2) is 16.0. The van der Waals surface area contributed by atoms with Crippen molar-refractivity contribution < 1.29 is 28.8 Å². The van der Waals surface area contributed by atoms with Gasteiger partial charge in [-0.2, -0.15) is 0 Å². The summed E-state index contributed by atoms with van der Waals surface area (Å²) in [5, 5.41) is 11.5. The van der Waals surface area contributed by atoms with Crippen molar-refractivity contribution in [1.82, 2.24) is 36.1 Å². The van der Waals surface area contributed by atoms with Crippen LogP contribution < -0.4 is 21.3 Å². The Bertz CT molecular complexity index is 1490. The van der Waals surface area contributed by atoms with Crippen molar-refractivity contribution in [2.75, 3.05) is 13.1 Å². The SMILES string of the molecule is C=CCNC(=O)C(=O)C(CC1CC1)NC(=O)[C@@H]1[C@H]2C[C@H]2CN1C(=O)[C@@H](NC(=O)[C@@H](NC(=O)c1cnccn1)C1CCCCC1)C1(C)CCCCC1. The van der Waals surface area contributed by atoms with E-state index in [1.807, 2.05) is 6.92 Å². The predicted molar refractivity (Wildman–Crippen MR) is 188 cm³/mol. The smallest absolute Gasteiger partial charge is 0.289 e. The first-order valence-electron chi connectivity index (χ1n) is 19.0. The molecule has 0 radical (unpaired) electrons. The Kier molecular flexibility index (Phi) is 11.5. The molecule has 5 amide bonds. The average Bonchev–Trinajstić information content (AvgIpc) is 4.09. The number of ketones is 1. The first kappa shape index (κ1) is 36.6. The molecule has 1 aromatic rings. The summed E-state index contributed by atoms with van der Waals surface area (Å²) in [5.41, 5.74) is -0.446. The highest BCUT2D eigenvalue weighted by Gasteiger charge is 2.59. The van der Waals surface area contributed by atoms with E-state index in [9.17, 15) is 28.8 Å². The Hall–Kier alpha value is -4.16. The molecule has 4 saturated carbocycles. The quantitative estimate of drug-likeness (QED) is 0.159. The van der Waals surface area contributed by atoms with Crippen LogP contribution in [0.3, 0.4) is 0 Å². The largest absolute Gasteiger partial charge is 0.346 e. The second-order valence-electron chi connectivity index (χ2n) is 15.8. The van der Waals surface area contributed by atoms with Gasteiger partial charge in [-0.25, -0.2) is 4.98 Å². The number of nitrogens with one attached hydrogen (secondary N) is 4. The first-order chi connectivity index (χ1) is 24.6. The minimum atomic E-state index is -0.981. The van der Waals surface area contributed by atoms with Gasteiger partial charge in [-0.05, 0) is 67.6 Å². The molecule has 13 nitrogen and oxygen atoms in total. The zero-order valence-electron chi connectivity index (χ0n) is 29.7. The van der Waals surface area contributed by atoms with Crippen LogP contribution in [0, 0.1) is 29.1 Å². The van der Waals surface area contributed by atoms with Crippen molar-refractivity contribution in [1.29, 1.82) is 0 Å². The molecule has 1 saturated heterocycles. The summed E-state index contributed by atoms with van der Waals surface area (Å²) in [6.45, 7) is 6.15. The third-order valence-electron chi connectivity index (χ3n) is 11.9. The lowest BCUT2D eigenvalue weighted by atomic mass is 9.69. The fourth-order valence-electron chi connectivity index (χ4n) is 8.69. The summed E-state index contributed by atoms with van der Waals surface area (Å²) in [4.78, 5) is 92.1.